The average molecular weight is 264 g/mol. The van der Waals surface area contributed by atoms with E-state index in [0.717, 1.165) is 25.7 Å². The first-order valence-corrected chi connectivity index (χ1v) is 7.93. The molecule has 102 valence electrons. The molecule has 0 spiro atoms. The Morgan fingerprint density at radius 3 is 2.59 bits per heavy atom. The number of nitrogens with two attached hydrogens (primary N) is 1. The second-order valence-corrected chi connectivity index (χ2v) is 6.78. The lowest BCUT2D eigenvalue weighted by Gasteiger charge is -2.29. The molecule has 6 heteroatoms. The third-order valence-electron chi connectivity index (χ3n) is 2.95. The molecule has 0 aromatic rings. The van der Waals surface area contributed by atoms with Gasteiger partial charge in [0.25, 0.3) is 0 Å². The Morgan fingerprint density at radius 1 is 1.35 bits per heavy atom. The highest BCUT2D eigenvalue weighted by Gasteiger charge is 2.25. The summed E-state index contributed by atoms with van der Waals surface area (Å²) in [7, 11) is -3.26. The van der Waals surface area contributed by atoms with Crippen molar-refractivity contribution in [2.75, 3.05) is 12.4 Å². The van der Waals surface area contributed by atoms with Crippen LogP contribution in [-0.4, -0.2) is 39.0 Å². The molecule has 0 aliphatic heterocycles. The Hall–Kier alpha value is -0.170. The third kappa shape index (κ3) is 5.81. The van der Waals surface area contributed by atoms with Crippen LogP contribution in [0.25, 0.3) is 0 Å². The lowest BCUT2D eigenvalue weighted by atomic mass is 9.92. The van der Waals surface area contributed by atoms with Gasteiger partial charge in [0.15, 0.2) is 0 Å². The maximum absolute atomic E-state index is 11.8. The Bertz CT molecular complexity index is 317. The van der Waals surface area contributed by atoms with E-state index in [1.807, 2.05) is 13.8 Å². The van der Waals surface area contributed by atoms with Crippen molar-refractivity contribution in [2.24, 2.45) is 5.73 Å². The maximum Gasteiger partial charge on any atom is 0.214 e. The van der Waals surface area contributed by atoms with Crippen molar-refractivity contribution in [2.45, 2.75) is 57.7 Å². The molecule has 0 bridgehead atoms. The topological polar surface area (TPSA) is 81.4 Å². The van der Waals surface area contributed by atoms with E-state index < -0.39 is 10.0 Å². The van der Waals surface area contributed by atoms with Crippen molar-refractivity contribution in [3.63, 3.8) is 0 Å². The predicted octanol–water partition coefficient (Wildman–Crippen LogP) is 0.601. The molecular weight excluding hydrogens is 240 g/mol. The van der Waals surface area contributed by atoms with Crippen LogP contribution in [-0.2, 0) is 14.8 Å². The molecule has 1 fully saturated rings. The molecule has 1 aliphatic carbocycles. The van der Waals surface area contributed by atoms with Gasteiger partial charge in [0.05, 0.1) is 18.5 Å². The van der Waals surface area contributed by atoms with Crippen molar-refractivity contribution in [1.29, 1.82) is 0 Å². The van der Waals surface area contributed by atoms with E-state index in [4.69, 9.17) is 10.5 Å². The Balaban J connectivity index is 2.37. The van der Waals surface area contributed by atoms with Gasteiger partial charge in [-0.05, 0) is 26.7 Å². The van der Waals surface area contributed by atoms with E-state index in [2.05, 4.69) is 4.72 Å². The van der Waals surface area contributed by atoms with E-state index in [9.17, 15) is 8.42 Å². The van der Waals surface area contributed by atoms with E-state index in [0.29, 0.717) is 0 Å². The summed E-state index contributed by atoms with van der Waals surface area (Å²) in [6.07, 6.45) is 3.93. The summed E-state index contributed by atoms with van der Waals surface area (Å²) in [5.41, 5.74) is 5.90. The zero-order valence-corrected chi connectivity index (χ0v) is 11.5. The van der Waals surface area contributed by atoms with Crippen LogP contribution in [0, 0.1) is 0 Å². The van der Waals surface area contributed by atoms with Gasteiger partial charge in [-0.15, -0.1) is 0 Å². The first-order valence-electron chi connectivity index (χ1n) is 6.28. The molecule has 3 N–H and O–H groups in total. The fourth-order valence-electron chi connectivity index (χ4n) is 1.99. The smallest absolute Gasteiger partial charge is 0.214 e. The van der Waals surface area contributed by atoms with Crippen LogP contribution in [0.4, 0.5) is 0 Å². The quantitative estimate of drug-likeness (QED) is 0.736. The van der Waals surface area contributed by atoms with Gasteiger partial charge < -0.3 is 10.5 Å². The second kappa shape index (κ2) is 6.68. The molecule has 1 rings (SSSR count). The second-order valence-electron chi connectivity index (χ2n) is 4.91. The molecule has 0 radical (unpaired) electrons. The normalized spacial score (nSPS) is 26.4. The van der Waals surface area contributed by atoms with Crippen LogP contribution in [0.1, 0.15) is 39.5 Å². The summed E-state index contributed by atoms with van der Waals surface area (Å²) >= 11 is 0. The van der Waals surface area contributed by atoms with Crippen LogP contribution in [0.2, 0.25) is 0 Å². The number of nitrogens with one attached hydrogen (secondary N) is 1. The minimum absolute atomic E-state index is 0.00833. The maximum atomic E-state index is 11.8. The Kier molecular flexibility index (Phi) is 5.85. The molecule has 0 aromatic heterocycles. The van der Waals surface area contributed by atoms with Gasteiger partial charge in [-0.1, -0.05) is 12.8 Å². The summed E-state index contributed by atoms with van der Waals surface area (Å²) in [5.74, 6) is 0.00833. The highest BCUT2D eigenvalue weighted by atomic mass is 32.2. The number of hydrogen-bond donors (Lipinski definition) is 2. The summed E-state index contributed by atoms with van der Waals surface area (Å²) in [4.78, 5) is 0. The van der Waals surface area contributed by atoms with E-state index in [1.54, 1.807) is 0 Å². The van der Waals surface area contributed by atoms with Gasteiger partial charge >= 0.3 is 0 Å². The number of ether oxygens (including phenoxy) is 1. The minimum atomic E-state index is -3.26. The monoisotopic (exact) mass is 264 g/mol. The van der Waals surface area contributed by atoms with Crippen LogP contribution in [0.5, 0.6) is 0 Å². The number of rotatable bonds is 6. The van der Waals surface area contributed by atoms with Gasteiger partial charge in [-0.25, -0.2) is 13.1 Å². The number of hydrogen-bond acceptors (Lipinski definition) is 4. The summed E-state index contributed by atoms with van der Waals surface area (Å²) in [6, 6.07) is -0.155. The summed E-state index contributed by atoms with van der Waals surface area (Å²) in [6.45, 7) is 4.00. The zero-order chi connectivity index (χ0) is 12.9. The van der Waals surface area contributed by atoms with E-state index >= 15 is 0 Å². The van der Waals surface area contributed by atoms with Gasteiger partial charge in [0.1, 0.15) is 0 Å². The third-order valence-corrected chi connectivity index (χ3v) is 4.32. The van der Waals surface area contributed by atoms with Gasteiger partial charge in [-0.2, -0.15) is 0 Å². The van der Waals surface area contributed by atoms with E-state index in [-0.39, 0.29) is 30.5 Å². The summed E-state index contributed by atoms with van der Waals surface area (Å²) < 4.78 is 31.5. The van der Waals surface area contributed by atoms with Crippen molar-refractivity contribution in [3.05, 3.63) is 0 Å². The molecule has 1 aliphatic rings. The average Bonchev–Trinajstić information content (AvgIpc) is 2.20. The zero-order valence-electron chi connectivity index (χ0n) is 10.7. The highest BCUT2D eigenvalue weighted by molar-refractivity contribution is 7.89. The van der Waals surface area contributed by atoms with E-state index in [1.165, 1.54) is 0 Å². The standard InChI is InChI=1S/C11H24N2O3S/c1-9(2)16-7-8-17(14,15)13-11-6-4-3-5-10(11)12/h9-11,13H,3-8,12H2,1-2H3. The van der Waals surface area contributed by atoms with Crippen LogP contribution in [0.15, 0.2) is 0 Å². The van der Waals surface area contributed by atoms with Gasteiger partial charge in [-0.3, -0.25) is 0 Å². The first-order chi connectivity index (χ1) is 7.91. The largest absolute Gasteiger partial charge is 0.378 e. The molecule has 1 saturated carbocycles. The summed E-state index contributed by atoms with van der Waals surface area (Å²) in [5, 5.41) is 0. The van der Waals surface area contributed by atoms with Gasteiger partial charge in [0, 0.05) is 12.1 Å². The van der Waals surface area contributed by atoms with Crippen molar-refractivity contribution in [1.82, 2.24) is 4.72 Å². The van der Waals surface area contributed by atoms with Gasteiger partial charge in [0.2, 0.25) is 10.0 Å². The van der Waals surface area contributed by atoms with Crippen LogP contribution < -0.4 is 10.5 Å². The van der Waals surface area contributed by atoms with Crippen molar-refractivity contribution >= 4 is 10.0 Å². The molecule has 0 saturated heterocycles. The Labute approximate surface area is 104 Å². The first kappa shape index (κ1) is 14.9. The minimum Gasteiger partial charge on any atom is -0.378 e. The molecule has 2 unspecified atom stereocenters. The van der Waals surface area contributed by atoms with Crippen molar-refractivity contribution in [3.8, 4) is 0 Å². The highest BCUT2D eigenvalue weighted by Crippen LogP contribution is 2.17. The predicted molar refractivity (Wildman–Crippen MR) is 68.2 cm³/mol. The lowest BCUT2D eigenvalue weighted by Crippen LogP contribution is -2.50. The fourth-order valence-corrected chi connectivity index (χ4v) is 3.18. The molecule has 2 atom stereocenters. The fraction of sp³-hybridized carbons (Fsp3) is 1.00. The van der Waals surface area contributed by atoms with Crippen LogP contribution >= 0.6 is 0 Å². The molecule has 0 amide bonds. The Morgan fingerprint density at radius 2 is 2.00 bits per heavy atom. The molecule has 0 heterocycles. The lowest BCUT2D eigenvalue weighted by molar-refractivity contribution is 0.0911. The SMILES string of the molecule is CC(C)OCCS(=O)(=O)NC1CCCCC1N. The number of sulfonamides is 1. The van der Waals surface area contributed by atoms with Crippen LogP contribution in [0.3, 0.4) is 0 Å². The molecule has 5 nitrogen and oxygen atoms in total. The molecular formula is C11H24N2O3S. The van der Waals surface area contributed by atoms with Crippen molar-refractivity contribution < 1.29 is 13.2 Å². The molecule has 0 aromatic carbocycles. The molecule has 17 heavy (non-hydrogen) atoms.